The first-order valence-corrected chi connectivity index (χ1v) is 11.5. The molecule has 6 heteroatoms. The summed E-state index contributed by atoms with van der Waals surface area (Å²) < 4.78 is 10.3. The van der Waals surface area contributed by atoms with Crippen molar-refractivity contribution in [2.45, 2.75) is 64.2 Å². The van der Waals surface area contributed by atoms with Crippen molar-refractivity contribution in [3.63, 3.8) is 0 Å². The molecule has 2 rings (SSSR count). The Kier molecular flexibility index (Phi) is 11.7. The molecule has 32 heavy (non-hydrogen) atoms. The predicted molar refractivity (Wildman–Crippen MR) is 129 cm³/mol. The minimum absolute atomic E-state index is 0.0467. The zero-order chi connectivity index (χ0) is 23.0. The second-order valence-corrected chi connectivity index (χ2v) is 7.89. The minimum Gasteiger partial charge on any atom is -0.497 e. The highest BCUT2D eigenvalue weighted by molar-refractivity contribution is 5.91. The van der Waals surface area contributed by atoms with E-state index in [9.17, 15) is 9.59 Å². The van der Waals surface area contributed by atoms with Gasteiger partial charge in [-0.2, -0.15) is 0 Å². The van der Waals surface area contributed by atoms with Crippen LogP contribution in [0.2, 0.25) is 0 Å². The molecule has 0 aromatic heterocycles. The molecule has 2 amide bonds. The van der Waals surface area contributed by atoms with Crippen LogP contribution < -0.4 is 20.1 Å². The van der Waals surface area contributed by atoms with E-state index in [1.54, 1.807) is 14.2 Å². The Morgan fingerprint density at radius 2 is 1.00 bits per heavy atom. The number of carbonyl (C=O) groups is 2. The third-order valence-corrected chi connectivity index (χ3v) is 5.26. The van der Waals surface area contributed by atoms with E-state index in [1.807, 2.05) is 48.5 Å². The number of amides is 2. The van der Waals surface area contributed by atoms with Gasteiger partial charge in [-0.15, -0.1) is 0 Å². The molecule has 0 spiro atoms. The molecule has 0 radical (unpaired) electrons. The van der Waals surface area contributed by atoms with E-state index in [-0.39, 0.29) is 11.8 Å². The Morgan fingerprint density at radius 3 is 1.38 bits per heavy atom. The standard InChI is InChI=1S/C26H36N2O4/c1-31-23-15-11-13-21(19-23)27-25(29)17-9-7-5-3-4-6-8-10-18-26(30)28-22-14-12-16-24(20-22)32-2/h11-16,19-20H,3-10,17-18H2,1-2H3,(H,27,29)(H,28,30). The average molecular weight is 441 g/mol. The van der Waals surface area contributed by atoms with Gasteiger partial charge in [-0.1, -0.05) is 50.7 Å². The Hall–Kier alpha value is -3.02. The number of benzene rings is 2. The molecule has 174 valence electrons. The Bertz CT molecular complexity index is 769. The molecule has 0 saturated carbocycles. The van der Waals surface area contributed by atoms with Crippen LogP contribution in [0.5, 0.6) is 11.5 Å². The number of anilines is 2. The normalized spacial score (nSPS) is 10.4. The summed E-state index contributed by atoms with van der Waals surface area (Å²) in [5, 5.41) is 5.83. The van der Waals surface area contributed by atoms with Crippen LogP contribution in [0, 0.1) is 0 Å². The average Bonchev–Trinajstić information content (AvgIpc) is 2.80. The molecule has 0 fully saturated rings. The van der Waals surface area contributed by atoms with E-state index in [0.29, 0.717) is 12.8 Å². The number of methoxy groups -OCH3 is 2. The van der Waals surface area contributed by atoms with E-state index in [0.717, 1.165) is 61.4 Å². The van der Waals surface area contributed by atoms with Crippen LogP contribution >= 0.6 is 0 Å². The molecular weight excluding hydrogens is 404 g/mol. The Balaban J connectivity index is 1.43. The molecule has 2 aromatic rings. The van der Waals surface area contributed by atoms with Crippen molar-refractivity contribution >= 4 is 23.2 Å². The van der Waals surface area contributed by atoms with Crippen molar-refractivity contribution in [3.05, 3.63) is 48.5 Å². The fraction of sp³-hybridized carbons (Fsp3) is 0.462. The summed E-state index contributed by atoms with van der Waals surface area (Å²) in [5.74, 6) is 1.57. The summed E-state index contributed by atoms with van der Waals surface area (Å²) in [6, 6.07) is 14.8. The Labute approximate surface area is 191 Å². The van der Waals surface area contributed by atoms with Gasteiger partial charge in [-0.05, 0) is 37.1 Å². The van der Waals surface area contributed by atoms with Crippen molar-refractivity contribution < 1.29 is 19.1 Å². The molecule has 0 atom stereocenters. The van der Waals surface area contributed by atoms with Gasteiger partial charge in [0.2, 0.25) is 11.8 Å². The lowest BCUT2D eigenvalue weighted by molar-refractivity contribution is -0.117. The van der Waals surface area contributed by atoms with Crippen LogP contribution in [0.1, 0.15) is 64.2 Å². The van der Waals surface area contributed by atoms with Gasteiger partial charge < -0.3 is 20.1 Å². The zero-order valence-electron chi connectivity index (χ0n) is 19.3. The molecule has 0 aliphatic carbocycles. The fourth-order valence-corrected chi connectivity index (χ4v) is 3.48. The first-order valence-electron chi connectivity index (χ1n) is 11.5. The van der Waals surface area contributed by atoms with Crippen LogP contribution in [-0.4, -0.2) is 26.0 Å². The largest absolute Gasteiger partial charge is 0.497 e. The number of hydrogen-bond acceptors (Lipinski definition) is 4. The molecular formula is C26H36N2O4. The van der Waals surface area contributed by atoms with E-state index < -0.39 is 0 Å². The number of hydrogen-bond donors (Lipinski definition) is 2. The molecule has 0 aliphatic heterocycles. The summed E-state index contributed by atoms with van der Waals surface area (Å²) in [6.07, 6.45) is 9.65. The number of unbranched alkanes of at least 4 members (excludes halogenated alkanes) is 7. The van der Waals surface area contributed by atoms with Crippen molar-refractivity contribution in [1.82, 2.24) is 0 Å². The lowest BCUT2D eigenvalue weighted by Crippen LogP contribution is -2.11. The second kappa shape index (κ2) is 14.9. The van der Waals surface area contributed by atoms with Crippen molar-refractivity contribution in [1.29, 1.82) is 0 Å². The molecule has 0 bridgehead atoms. The number of ether oxygens (including phenoxy) is 2. The van der Waals surface area contributed by atoms with Crippen molar-refractivity contribution in [3.8, 4) is 11.5 Å². The third-order valence-electron chi connectivity index (χ3n) is 5.26. The van der Waals surface area contributed by atoms with Crippen LogP contribution in [0.3, 0.4) is 0 Å². The maximum atomic E-state index is 12.0. The van der Waals surface area contributed by atoms with Crippen LogP contribution in [0.4, 0.5) is 11.4 Å². The minimum atomic E-state index is 0.0467. The molecule has 0 unspecified atom stereocenters. The lowest BCUT2D eigenvalue weighted by Gasteiger charge is -2.07. The highest BCUT2D eigenvalue weighted by Crippen LogP contribution is 2.18. The molecule has 6 nitrogen and oxygen atoms in total. The monoisotopic (exact) mass is 440 g/mol. The van der Waals surface area contributed by atoms with Gasteiger partial charge in [-0.25, -0.2) is 0 Å². The van der Waals surface area contributed by atoms with E-state index in [1.165, 1.54) is 12.8 Å². The number of carbonyl (C=O) groups excluding carboxylic acids is 2. The van der Waals surface area contributed by atoms with Crippen LogP contribution in [0.25, 0.3) is 0 Å². The quantitative estimate of drug-likeness (QED) is 0.324. The van der Waals surface area contributed by atoms with Crippen molar-refractivity contribution in [2.75, 3.05) is 24.9 Å². The van der Waals surface area contributed by atoms with E-state index in [2.05, 4.69) is 10.6 Å². The maximum Gasteiger partial charge on any atom is 0.224 e. The summed E-state index contributed by atoms with van der Waals surface area (Å²) in [6.45, 7) is 0. The Morgan fingerprint density at radius 1 is 0.625 bits per heavy atom. The van der Waals surface area contributed by atoms with E-state index >= 15 is 0 Å². The SMILES string of the molecule is COc1cccc(NC(=O)CCCCCCCCCCC(=O)Nc2cccc(OC)c2)c1. The highest BCUT2D eigenvalue weighted by atomic mass is 16.5. The van der Waals surface area contributed by atoms with Gasteiger partial charge in [0.25, 0.3) is 0 Å². The predicted octanol–water partition coefficient (Wildman–Crippen LogP) is 6.18. The van der Waals surface area contributed by atoms with Gasteiger partial charge >= 0.3 is 0 Å². The smallest absolute Gasteiger partial charge is 0.224 e. The summed E-state index contributed by atoms with van der Waals surface area (Å²) in [5.41, 5.74) is 1.54. The molecule has 2 aromatic carbocycles. The van der Waals surface area contributed by atoms with Crippen molar-refractivity contribution in [2.24, 2.45) is 0 Å². The first-order chi connectivity index (χ1) is 15.6. The van der Waals surface area contributed by atoms with E-state index in [4.69, 9.17) is 9.47 Å². The lowest BCUT2D eigenvalue weighted by atomic mass is 10.1. The molecule has 0 aliphatic rings. The van der Waals surface area contributed by atoms with Gasteiger partial charge in [0.05, 0.1) is 14.2 Å². The molecule has 2 N–H and O–H groups in total. The molecule has 0 saturated heterocycles. The molecule has 0 heterocycles. The topological polar surface area (TPSA) is 76.7 Å². The van der Waals surface area contributed by atoms with Gasteiger partial charge in [0, 0.05) is 36.3 Å². The number of rotatable bonds is 15. The van der Waals surface area contributed by atoms with Gasteiger partial charge in [0.1, 0.15) is 11.5 Å². The van der Waals surface area contributed by atoms with Crippen LogP contribution in [-0.2, 0) is 9.59 Å². The first kappa shape index (κ1) is 25.2. The van der Waals surface area contributed by atoms with Crippen LogP contribution in [0.15, 0.2) is 48.5 Å². The summed E-state index contributed by atoms with van der Waals surface area (Å²) >= 11 is 0. The second-order valence-electron chi connectivity index (χ2n) is 7.89. The summed E-state index contributed by atoms with van der Waals surface area (Å²) in [4.78, 5) is 24.1. The maximum absolute atomic E-state index is 12.0. The third kappa shape index (κ3) is 10.3. The van der Waals surface area contributed by atoms with Gasteiger partial charge in [0.15, 0.2) is 0 Å². The van der Waals surface area contributed by atoms with Gasteiger partial charge in [-0.3, -0.25) is 9.59 Å². The summed E-state index contributed by atoms with van der Waals surface area (Å²) in [7, 11) is 3.23. The highest BCUT2D eigenvalue weighted by Gasteiger charge is 2.05. The zero-order valence-corrected chi connectivity index (χ0v) is 19.3. The number of nitrogens with one attached hydrogen (secondary N) is 2. The fourth-order valence-electron chi connectivity index (χ4n) is 3.48.